The molecule has 0 aromatic heterocycles. The predicted molar refractivity (Wildman–Crippen MR) is 420 cm³/mol. The first kappa shape index (κ1) is 96.9. The molecular weight excluding hydrogens is 1330 g/mol. The third-order valence-corrected chi connectivity index (χ3v) is 21.6. The lowest BCUT2D eigenvalue weighted by atomic mass is 9.96. The molecular formula is C86H159NO18. The molecule has 0 bridgehead atoms. The summed E-state index contributed by atoms with van der Waals surface area (Å²) in [6, 6.07) is -0.978. The van der Waals surface area contributed by atoms with Gasteiger partial charge in [0.15, 0.2) is 18.9 Å². The number of ether oxygens (including phenoxy) is 6. The lowest BCUT2D eigenvalue weighted by Crippen LogP contribution is -2.66. The highest BCUT2D eigenvalue weighted by Gasteiger charge is 2.54. The molecule has 19 heteroatoms. The van der Waals surface area contributed by atoms with Crippen LogP contribution in [-0.2, 0) is 33.2 Å². The van der Waals surface area contributed by atoms with Gasteiger partial charge < -0.3 is 89.9 Å². The van der Waals surface area contributed by atoms with Crippen LogP contribution in [0, 0.1) is 0 Å². The van der Waals surface area contributed by atoms with Gasteiger partial charge in [0.1, 0.15) is 73.2 Å². The van der Waals surface area contributed by atoms with Crippen LogP contribution in [0.25, 0.3) is 0 Å². The van der Waals surface area contributed by atoms with Crippen LogP contribution in [0.4, 0.5) is 0 Å². The maximum atomic E-state index is 13.5. The lowest BCUT2D eigenvalue weighted by molar-refractivity contribution is -0.379. The van der Waals surface area contributed by atoms with Crippen molar-refractivity contribution in [2.75, 3.05) is 26.4 Å². The molecule has 17 atom stereocenters. The van der Waals surface area contributed by atoms with Crippen LogP contribution in [0.5, 0.6) is 0 Å². The monoisotopic (exact) mass is 1490 g/mol. The van der Waals surface area contributed by atoms with Gasteiger partial charge >= 0.3 is 0 Å². The van der Waals surface area contributed by atoms with Crippen molar-refractivity contribution in [1.82, 2.24) is 5.32 Å². The van der Waals surface area contributed by atoms with Crippen molar-refractivity contribution in [3.8, 4) is 0 Å². The Kier molecular flexibility index (Phi) is 61.3. The van der Waals surface area contributed by atoms with E-state index in [1.165, 1.54) is 270 Å². The van der Waals surface area contributed by atoms with Gasteiger partial charge in [-0.25, -0.2) is 0 Å². The van der Waals surface area contributed by atoms with E-state index in [9.17, 15) is 61.0 Å². The molecule has 12 N–H and O–H groups in total. The Morgan fingerprint density at radius 2 is 0.629 bits per heavy atom. The molecule has 3 saturated heterocycles. The van der Waals surface area contributed by atoms with Crippen LogP contribution in [-0.4, -0.2) is 193 Å². The van der Waals surface area contributed by atoms with Crippen LogP contribution < -0.4 is 5.32 Å². The zero-order chi connectivity index (χ0) is 76.0. The maximum absolute atomic E-state index is 13.5. The topological polar surface area (TPSA) is 307 Å². The first-order valence-corrected chi connectivity index (χ1v) is 43.4. The Hall–Kier alpha value is -2.25. The molecule has 3 aliphatic heterocycles. The largest absolute Gasteiger partial charge is 0.394 e. The minimum atomic E-state index is -1.98. The number of hydrogen-bond donors (Lipinski definition) is 12. The number of carbonyl (C=O) groups is 1. The number of nitrogens with one attached hydrogen (secondary N) is 1. The molecule has 17 unspecified atom stereocenters. The van der Waals surface area contributed by atoms with E-state index in [1.54, 1.807) is 6.08 Å². The van der Waals surface area contributed by atoms with E-state index in [0.717, 1.165) is 64.2 Å². The van der Waals surface area contributed by atoms with Gasteiger partial charge in [-0.3, -0.25) is 4.79 Å². The summed E-state index contributed by atoms with van der Waals surface area (Å²) in [5.41, 5.74) is 0. The molecule has 0 spiro atoms. The SMILES string of the molecule is CCCCCCC/C=C\C/C=C\C/C=C\CCCCCCCCCCCCCCC(=O)NC(COC1OC(CO)C(OC2OC(CO)C(OC3OC(CO)C(O)C(O)C3O)C(O)C2O)C(O)C1O)C(O)/C=C/CCCCCCCCCCCCCCCCCCCCCCCCCCCCCCCCC. The number of carbonyl (C=O) groups excluding carboxylic acids is 1. The van der Waals surface area contributed by atoms with Crippen molar-refractivity contribution in [3.05, 3.63) is 48.6 Å². The summed E-state index contributed by atoms with van der Waals surface area (Å²) in [7, 11) is 0. The molecule has 0 aromatic carbocycles. The van der Waals surface area contributed by atoms with E-state index in [0.29, 0.717) is 6.42 Å². The molecule has 0 saturated carbocycles. The van der Waals surface area contributed by atoms with E-state index >= 15 is 0 Å². The molecule has 0 aromatic rings. The van der Waals surface area contributed by atoms with Crippen LogP contribution in [0.15, 0.2) is 48.6 Å². The van der Waals surface area contributed by atoms with Crippen molar-refractivity contribution in [2.45, 2.75) is 465 Å². The number of rotatable bonds is 70. The standard InChI is InChI=1S/C86H159NO18/c1-3-5-7-9-11-13-15-17-19-21-23-25-27-29-31-32-33-34-35-36-38-39-41-43-45-47-49-51-53-55-57-59-61-63-70(91)69(87-74(92)64-62-60-58-56-54-52-50-48-46-44-42-40-37-30-28-26-24-22-20-18-16-14-12-10-8-6-4-2)68-100-84-80(98)77(95)82(72(66-89)102-84)105-86-81(99)78(96)83(73(67-90)103-86)104-85-79(97)76(94)75(93)71(65-88)101-85/h16,18,22,24,28,30,61,63,69-73,75-86,88-91,93-99H,3-15,17,19-21,23,25-27,29,31-60,62,64-68H2,1-2H3,(H,87,92)/b18-16-,24-22-,30-28-,63-61+. The number of amides is 1. The molecule has 1 amide bonds. The highest BCUT2D eigenvalue weighted by atomic mass is 16.8. The maximum Gasteiger partial charge on any atom is 0.220 e. The van der Waals surface area contributed by atoms with Crippen LogP contribution >= 0.6 is 0 Å². The molecule has 3 aliphatic rings. The number of allylic oxidation sites excluding steroid dienone is 7. The second kappa shape index (κ2) is 66.4. The molecule has 19 nitrogen and oxygen atoms in total. The first-order chi connectivity index (χ1) is 51.3. The molecule has 105 heavy (non-hydrogen) atoms. The van der Waals surface area contributed by atoms with E-state index in [2.05, 4.69) is 55.6 Å². The third kappa shape index (κ3) is 45.8. The van der Waals surface area contributed by atoms with E-state index in [4.69, 9.17) is 28.4 Å². The van der Waals surface area contributed by atoms with Crippen molar-refractivity contribution < 1.29 is 89.4 Å². The fourth-order valence-electron chi connectivity index (χ4n) is 14.7. The Morgan fingerprint density at radius 1 is 0.343 bits per heavy atom. The molecule has 3 heterocycles. The minimum absolute atomic E-state index is 0.241. The van der Waals surface area contributed by atoms with E-state index < -0.39 is 124 Å². The summed E-state index contributed by atoms with van der Waals surface area (Å²) >= 11 is 0. The number of aliphatic hydroxyl groups is 11. The van der Waals surface area contributed by atoms with Crippen molar-refractivity contribution in [2.24, 2.45) is 0 Å². The summed E-state index contributed by atoms with van der Waals surface area (Å²) in [4.78, 5) is 13.5. The normalized spacial score (nSPS) is 26.0. The van der Waals surface area contributed by atoms with Gasteiger partial charge in [0.25, 0.3) is 0 Å². The van der Waals surface area contributed by atoms with Gasteiger partial charge in [-0.2, -0.15) is 0 Å². The highest BCUT2D eigenvalue weighted by molar-refractivity contribution is 5.76. The number of aliphatic hydroxyl groups excluding tert-OH is 11. The summed E-state index contributed by atoms with van der Waals surface area (Å²) in [6.07, 6.45) is 58.2. The summed E-state index contributed by atoms with van der Waals surface area (Å²) in [5.74, 6) is -0.273. The smallest absolute Gasteiger partial charge is 0.220 e. The molecule has 616 valence electrons. The Balaban J connectivity index is 1.35. The van der Waals surface area contributed by atoms with Crippen molar-refractivity contribution >= 4 is 5.91 Å². The van der Waals surface area contributed by atoms with Crippen LogP contribution in [0.1, 0.15) is 361 Å². The summed E-state index contributed by atoms with van der Waals surface area (Å²) < 4.78 is 34.5. The molecule has 3 rings (SSSR count). The lowest BCUT2D eigenvalue weighted by Gasteiger charge is -2.48. The summed E-state index contributed by atoms with van der Waals surface area (Å²) in [6.45, 7) is 1.78. The second-order valence-electron chi connectivity index (χ2n) is 31.0. The Labute approximate surface area is 637 Å². The molecule has 3 fully saturated rings. The second-order valence-corrected chi connectivity index (χ2v) is 31.0. The molecule has 0 radical (unpaired) electrons. The highest BCUT2D eigenvalue weighted by Crippen LogP contribution is 2.33. The third-order valence-electron chi connectivity index (χ3n) is 21.6. The van der Waals surface area contributed by atoms with Crippen LogP contribution in [0.2, 0.25) is 0 Å². The van der Waals surface area contributed by atoms with Gasteiger partial charge in [0.05, 0.1) is 38.6 Å². The van der Waals surface area contributed by atoms with Gasteiger partial charge in [0, 0.05) is 6.42 Å². The van der Waals surface area contributed by atoms with E-state index in [1.807, 2.05) is 6.08 Å². The average Bonchev–Trinajstić information content (AvgIpc) is 0.781. The van der Waals surface area contributed by atoms with Gasteiger partial charge in [0.2, 0.25) is 5.91 Å². The quantitative estimate of drug-likeness (QED) is 0.0199. The fourth-order valence-corrected chi connectivity index (χ4v) is 14.7. The zero-order valence-corrected chi connectivity index (χ0v) is 66.2. The number of unbranched alkanes of at least 4 members (excludes halogenated alkanes) is 48. The predicted octanol–water partition coefficient (Wildman–Crippen LogP) is 15.6. The Bertz CT molecular complexity index is 2080. The average molecular weight is 1500 g/mol. The van der Waals surface area contributed by atoms with Gasteiger partial charge in [-0.15, -0.1) is 0 Å². The first-order valence-electron chi connectivity index (χ1n) is 43.4. The van der Waals surface area contributed by atoms with Crippen LogP contribution in [0.3, 0.4) is 0 Å². The van der Waals surface area contributed by atoms with E-state index in [-0.39, 0.29) is 18.9 Å². The minimum Gasteiger partial charge on any atom is -0.394 e. The number of hydrogen-bond acceptors (Lipinski definition) is 18. The van der Waals surface area contributed by atoms with Gasteiger partial charge in [-0.1, -0.05) is 345 Å². The zero-order valence-electron chi connectivity index (χ0n) is 66.2. The molecule has 0 aliphatic carbocycles. The van der Waals surface area contributed by atoms with Gasteiger partial charge in [-0.05, 0) is 57.8 Å². The summed E-state index contributed by atoms with van der Waals surface area (Å²) in [5, 5.41) is 121. The fraction of sp³-hybridized carbons (Fsp3) is 0.895. The van der Waals surface area contributed by atoms with Crippen molar-refractivity contribution in [3.63, 3.8) is 0 Å². The Morgan fingerprint density at radius 3 is 0.981 bits per heavy atom. The van der Waals surface area contributed by atoms with Crippen molar-refractivity contribution in [1.29, 1.82) is 0 Å².